The van der Waals surface area contributed by atoms with Gasteiger partial charge >= 0.3 is 0 Å². The van der Waals surface area contributed by atoms with E-state index >= 15 is 0 Å². The Morgan fingerprint density at radius 3 is 2.61 bits per heavy atom. The third-order valence-electron chi connectivity index (χ3n) is 3.82. The molecule has 0 unspecified atom stereocenters. The van der Waals surface area contributed by atoms with Gasteiger partial charge in [0.05, 0.1) is 15.6 Å². The molecule has 0 aliphatic heterocycles. The molecular weight excluding hydrogens is 314 g/mol. The molecule has 0 amide bonds. The molecule has 0 radical (unpaired) electrons. The van der Waals surface area contributed by atoms with E-state index in [1.165, 1.54) is 25.7 Å². The van der Waals surface area contributed by atoms with Crippen LogP contribution in [0.4, 0.5) is 0 Å². The van der Waals surface area contributed by atoms with E-state index in [4.69, 9.17) is 16.6 Å². The van der Waals surface area contributed by atoms with Gasteiger partial charge in [-0.25, -0.2) is 9.97 Å². The van der Waals surface area contributed by atoms with Gasteiger partial charge in [0.2, 0.25) is 0 Å². The van der Waals surface area contributed by atoms with Gasteiger partial charge in [-0.2, -0.15) is 0 Å². The number of hydrogen-bond donors (Lipinski definition) is 0. The van der Waals surface area contributed by atoms with Crippen LogP contribution in [0.3, 0.4) is 0 Å². The Bertz CT molecular complexity index is 614. The van der Waals surface area contributed by atoms with Crippen LogP contribution >= 0.6 is 27.5 Å². The zero-order chi connectivity index (χ0) is 12.9. The molecule has 3 rings (SSSR count). The van der Waals surface area contributed by atoms with Crippen molar-refractivity contribution in [3.63, 3.8) is 0 Å². The van der Waals surface area contributed by atoms with Crippen LogP contribution in [0.15, 0.2) is 4.47 Å². The Balaban J connectivity index is 2.23. The number of fused-ring (bicyclic) bond motifs is 1. The van der Waals surface area contributed by atoms with Crippen LogP contribution in [-0.2, 0) is 7.05 Å². The molecule has 0 aromatic carbocycles. The van der Waals surface area contributed by atoms with Gasteiger partial charge in [0.1, 0.15) is 16.6 Å². The van der Waals surface area contributed by atoms with E-state index in [9.17, 15) is 0 Å². The molecule has 1 aliphatic carbocycles. The van der Waals surface area contributed by atoms with Crippen LogP contribution in [0.5, 0.6) is 0 Å². The molecule has 1 aliphatic rings. The smallest absolute Gasteiger partial charge is 0.146 e. The number of halogens is 2. The fourth-order valence-corrected chi connectivity index (χ4v) is 3.69. The zero-order valence-electron chi connectivity index (χ0n) is 10.5. The van der Waals surface area contributed by atoms with Crippen molar-refractivity contribution in [1.82, 2.24) is 14.5 Å². The van der Waals surface area contributed by atoms with Crippen molar-refractivity contribution in [1.29, 1.82) is 0 Å². The first-order valence-electron chi connectivity index (χ1n) is 6.27. The third kappa shape index (κ3) is 1.77. The molecule has 1 fully saturated rings. The molecule has 3 nitrogen and oxygen atoms in total. The number of nitrogens with zero attached hydrogens (tertiary/aromatic N) is 3. The fraction of sp³-hybridized carbons (Fsp3) is 0.538. The van der Waals surface area contributed by atoms with Crippen molar-refractivity contribution >= 4 is 38.6 Å². The summed E-state index contributed by atoms with van der Waals surface area (Å²) in [6.45, 7) is 2.03. The van der Waals surface area contributed by atoms with Gasteiger partial charge in [-0.15, -0.1) is 0 Å². The van der Waals surface area contributed by atoms with Gasteiger partial charge in [-0.3, -0.25) is 0 Å². The van der Waals surface area contributed by atoms with Crippen molar-refractivity contribution in [3.8, 4) is 0 Å². The highest BCUT2D eigenvalue weighted by Crippen LogP contribution is 2.37. The summed E-state index contributed by atoms with van der Waals surface area (Å²) in [5, 5.41) is 1.72. The summed E-state index contributed by atoms with van der Waals surface area (Å²) >= 11 is 9.78. The molecule has 0 atom stereocenters. The maximum atomic E-state index is 6.25. The lowest BCUT2D eigenvalue weighted by molar-refractivity contribution is 0.666. The van der Waals surface area contributed by atoms with Crippen LogP contribution in [0, 0.1) is 6.92 Å². The third-order valence-corrected chi connectivity index (χ3v) is 5.26. The summed E-state index contributed by atoms with van der Waals surface area (Å²) in [5.74, 6) is 1.52. The molecule has 18 heavy (non-hydrogen) atoms. The fourth-order valence-electron chi connectivity index (χ4n) is 2.79. The summed E-state index contributed by atoms with van der Waals surface area (Å²) in [7, 11) is 1.94. The summed E-state index contributed by atoms with van der Waals surface area (Å²) in [6, 6.07) is 0. The largest absolute Gasteiger partial charge is 0.318 e. The molecule has 5 heteroatoms. The highest BCUT2D eigenvalue weighted by molar-refractivity contribution is 9.10. The Morgan fingerprint density at radius 1 is 1.28 bits per heavy atom. The summed E-state index contributed by atoms with van der Waals surface area (Å²) in [6.07, 6.45) is 5.01. The second kappa shape index (κ2) is 4.49. The van der Waals surface area contributed by atoms with Gasteiger partial charge in [-0.1, -0.05) is 24.4 Å². The zero-order valence-corrected chi connectivity index (χ0v) is 12.8. The van der Waals surface area contributed by atoms with Gasteiger partial charge in [0.15, 0.2) is 0 Å². The molecule has 0 N–H and O–H groups in total. The average Bonchev–Trinajstić information content (AvgIpc) is 2.94. The number of hydrogen-bond acceptors (Lipinski definition) is 2. The number of rotatable bonds is 1. The minimum Gasteiger partial charge on any atom is -0.318 e. The van der Waals surface area contributed by atoms with Crippen molar-refractivity contribution < 1.29 is 0 Å². The standard InChI is InChI=1S/C13H15BrClN3/c1-7-9-10(14)11(15)18(2)13(9)17-12(16-7)8-5-3-4-6-8/h8H,3-6H2,1-2H3. The number of aromatic nitrogens is 3. The van der Waals surface area contributed by atoms with Crippen LogP contribution in [0.2, 0.25) is 5.15 Å². The second-order valence-corrected chi connectivity index (χ2v) is 6.16. The first kappa shape index (κ1) is 12.4. The minimum absolute atomic E-state index is 0.528. The Hall–Kier alpha value is -0.610. The molecule has 0 bridgehead atoms. The Kier molecular flexibility index (Phi) is 3.10. The van der Waals surface area contributed by atoms with E-state index in [0.717, 1.165) is 27.0 Å². The summed E-state index contributed by atoms with van der Waals surface area (Å²) in [4.78, 5) is 9.42. The van der Waals surface area contributed by atoms with E-state index < -0.39 is 0 Å². The maximum Gasteiger partial charge on any atom is 0.146 e. The topological polar surface area (TPSA) is 30.7 Å². The van der Waals surface area contributed by atoms with Crippen molar-refractivity contribution in [2.75, 3.05) is 0 Å². The van der Waals surface area contributed by atoms with E-state index in [1.807, 2.05) is 18.5 Å². The van der Waals surface area contributed by atoms with E-state index in [0.29, 0.717) is 11.1 Å². The van der Waals surface area contributed by atoms with E-state index in [-0.39, 0.29) is 0 Å². The van der Waals surface area contributed by atoms with Crippen molar-refractivity contribution in [3.05, 3.63) is 21.1 Å². The van der Waals surface area contributed by atoms with Crippen LogP contribution in [-0.4, -0.2) is 14.5 Å². The van der Waals surface area contributed by atoms with Crippen molar-refractivity contribution in [2.45, 2.75) is 38.5 Å². The lowest BCUT2D eigenvalue weighted by atomic mass is 10.1. The van der Waals surface area contributed by atoms with Gasteiger partial charge in [-0.05, 0) is 35.7 Å². The number of aryl methyl sites for hydroxylation is 2. The predicted molar refractivity (Wildman–Crippen MR) is 77.2 cm³/mol. The summed E-state index contributed by atoms with van der Waals surface area (Å²) in [5.41, 5.74) is 1.94. The van der Waals surface area contributed by atoms with Crippen LogP contribution in [0.1, 0.15) is 43.1 Å². The van der Waals surface area contributed by atoms with Crippen LogP contribution in [0.25, 0.3) is 11.0 Å². The molecule has 2 heterocycles. The normalized spacial score (nSPS) is 16.9. The molecule has 2 aromatic heterocycles. The molecule has 1 saturated carbocycles. The molecule has 2 aromatic rings. The Morgan fingerprint density at radius 2 is 1.94 bits per heavy atom. The monoisotopic (exact) mass is 327 g/mol. The quantitative estimate of drug-likeness (QED) is 0.779. The van der Waals surface area contributed by atoms with Gasteiger partial charge < -0.3 is 4.57 Å². The Labute approximate surface area is 120 Å². The van der Waals surface area contributed by atoms with Crippen LogP contribution < -0.4 is 0 Å². The van der Waals surface area contributed by atoms with Crippen molar-refractivity contribution in [2.24, 2.45) is 7.05 Å². The first-order chi connectivity index (χ1) is 8.59. The van der Waals surface area contributed by atoms with Gasteiger partial charge in [0, 0.05) is 13.0 Å². The molecule has 0 saturated heterocycles. The SMILES string of the molecule is Cc1nc(C2CCCC2)nc2c1c(Br)c(Cl)n2C. The molecule has 96 valence electrons. The molecular formula is C13H15BrClN3. The second-order valence-electron chi connectivity index (χ2n) is 5.01. The highest BCUT2D eigenvalue weighted by atomic mass is 79.9. The lowest BCUT2D eigenvalue weighted by Crippen LogP contribution is -2.04. The molecule has 0 spiro atoms. The highest BCUT2D eigenvalue weighted by Gasteiger charge is 2.23. The first-order valence-corrected chi connectivity index (χ1v) is 7.44. The average molecular weight is 329 g/mol. The lowest BCUT2D eigenvalue weighted by Gasteiger charge is -2.09. The van der Waals surface area contributed by atoms with Gasteiger partial charge in [0.25, 0.3) is 0 Å². The minimum atomic E-state index is 0.528. The summed E-state index contributed by atoms with van der Waals surface area (Å²) < 4.78 is 2.82. The van der Waals surface area contributed by atoms with E-state index in [2.05, 4.69) is 20.9 Å². The van der Waals surface area contributed by atoms with E-state index in [1.54, 1.807) is 0 Å². The maximum absolute atomic E-state index is 6.25. The predicted octanol–water partition coefficient (Wildman–Crippen LogP) is 4.35.